The molecule has 1 aromatic carbocycles. The van der Waals surface area contributed by atoms with E-state index in [0.717, 1.165) is 86.7 Å². The second kappa shape index (κ2) is 14.6. The largest absolute Gasteiger partial charge is 0.371 e. The minimum absolute atomic E-state index is 0.0272. The molecule has 3 saturated heterocycles. The first-order valence-corrected chi connectivity index (χ1v) is 20.2. The number of hydrogen-bond donors (Lipinski definition) is 2. The predicted molar refractivity (Wildman–Crippen MR) is 212 cm³/mol. The van der Waals surface area contributed by atoms with Gasteiger partial charge in [0.25, 0.3) is 17.7 Å². The number of hydrogen-bond acceptors (Lipinski definition) is 10. The fraction of sp³-hybridized carbons (Fsp3) is 0.476. The van der Waals surface area contributed by atoms with E-state index < -0.39 is 11.9 Å². The molecular formula is C42H48N10O5. The second-order valence-electron chi connectivity index (χ2n) is 16.6. The summed E-state index contributed by atoms with van der Waals surface area (Å²) in [6.07, 6.45) is 12.1. The number of likely N-dealkylation sites (tertiary alicyclic amines) is 1. The third-order valence-corrected chi connectivity index (χ3v) is 13.0. The lowest BCUT2D eigenvalue weighted by atomic mass is 9.71. The highest BCUT2D eigenvalue weighted by atomic mass is 16.2. The van der Waals surface area contributed by atoms with E-state index in [4.69, 9.17) is 4.98 Å². The van der Waals surface area contributed by atoms with Gasteiger partial charge in [0.15, 0.2) is 0 Å². The second-order valence-corrected chi connectivity index (χ2v) is 16.6. The number of carbonyl (C=O) groups excluding carboxylic acids is 5. The maximum Gasteiger partial charge on any atom is 0.270 e. The number of fused-ring (bicyclic) bond motifs is 2. The zero-order valence-electron chi connectivity index (χ0n) is 32.5. The Kier molecular flexibility index (Phi) is 9.40. The van der Waals surface area contributed by atoms with Crippen LogP contribution in [0.15, 0.2) is 48.8 Å². The molecule has 296 valence electrons. The van der Waals surface area contributed by atoms with E-state index in [-0.39, 0.29) is 41.5 Å². The predicted octanol–water partition coefficient (Wildman–Crippen LogP) is 4.67. The van der Waals surface area contributed by atoms with E-state index in [1.165, 1.54) is 0 Å². The van der Waals surface area contributed by atoms with E-state index in [1.807, 2.05) is 23.1 Å². The zero-order chi connectivity index (χ0) is 39.4. The molecule has 15 nitrogen and oxygen atoms in total. The van der Waals surface area contributed by atoms with Crippen LogP contribution in [0.1, 0.15) is 107 Å². The van der Waals surface area contributed by atoms with Crippen molar-refractivity contribution in [1.29, 1.82) is 0 Å². The topological polar surface area (TPSA) is 166 Å². The Morgan fingerprint density at radius 2 is 1.65 bits per heavy atom. The SMILES string of the molecule is CN(C)C(=O)c1cc2cnc(Nc3ccc(C(=O)N4CCC5(CC4)CCN(c4ccc6c(c4)C(=O)N(C4CCC(=O)NC4=O)C6)CC5)cn3)nc2n1C1CCCC1. The van der Waals surface area contributed by atoms with Gasteiger partial charge < -0.3 is 29.5 Å². The summed E-state index contributed by atoms with van der Waals surface area (Å²) in [6.45, 7) is 3.49. The number of carbonyl (C=O) groups is 5. The monoisotopic (exact) mass is 772 g/mol. The average molecular weight is 773 g/mol. The molecule has 0 bridgehead atoms. The Bertz CT molecular complexity index is 2260. The van der Waals surface area contributed by atoms with Crippen molar-refractivity contribution in [3.05, 3.63) is 71.2 Å². The molecule has 15 heteroatoms. The number of amides is 5. The van der Waals surface area contributed by atoms with Gasteiger partial charge in [-0.25, -0.2) is 9.97 Å². The number of pyridine rings is 1. The van der Waals surface area contributed by atoms with Crippen LogP contribution in [0.25, 0.3) is 11.0 Å². The first-order valence-electron chi connectivity index (χ1n) is 20.2. The molecule has 4 aliphatic heterocycles. The van der Waals surface area contributed by atoms with Gasteiger partial charge in [0.2, 0.25) is 17.8 Å². The van der Waals surface area contributed by atoms with Crippen molar-refractivity contribution in [2.24, 2.45) is 5.41 Å². The molecule has 1 unspecified atom stereocenters. The molecule has 0 radical (unpaired) electrons. The molecule has 3 aromatic heterocycles. The smallest absolute Gasteiger partial charge is 0.270 e. The molecule has 5 aliphatic rings. The zero-order valence-corrected chi connectivity index (χ0v) is 32.5. The number of aromatic nitrogens is 4. The van der Waals surface area contributed by atoms with E-state index in [9.17, 15) is 24.0 Å². The summed E-state index contributed by atoms with van der Waals surface area (Å²) in [5.41, 5.74) is 4.61. The molecule has 7 heterocycles. The lowest BCUT2D eigenvalue weighted by Gasteiger charge is -2.47. The molecule has 57 heavy (non-hydrogen) atoms. The van der Waals surface area contributed by atoms with Crippen molar-refractivity contribution in [1.82, 2.24) is 39.5 Å². The van der Waals surface area contributed by atoms with E-state index in [0.29, 0.717) is 54.6 Å². The van der Waals surface area contributed by atoms with Crippen molar-refractivity contribution in [2.45, 2.75) is 82.8 Å². The van der Waals surface area contributed by atoms with Crippen LogP contribution in [-0.4, -0.2) is 110 Å². The Morgan fingerprint density at radius 3 is 2.35 bits per heavy atom. The summed E-state index contributed by atoms with van der Waals surface area (Å²) in [5.74, 6) is -0.0200. The molecule has 4 aromatic rings. The van der Waals surface area contributed by atoms with Gasteiger partial charge in [0.1, 0.15) is 23.2 Å². The summed E-state index contributed by atoms with van der Waals surface area (Å²) in [6, 6.07) is 11.1. The highest BCUT2D eigenvalue weighted by Gasteiger charge is 2.41. The van der Waals surface area contributed by atoms with Crippen molar-refractivity contribution in [3.8, 4) is 0 Å². The van der Waals surface area contributed by atoms with Crippen molar-refractivity contribution < 1.29 is 24.0 Å². The van der Waals surface area contributed by atoms with Crippen LogP contribution in [0.5, 0.6) is 0 Å². The van der Waals surface area contributed by atoms with Crippen LogP contribution < -0.4 is 15.5 Å². The molecule has 1 aliphatic carbocycles. The van der Waals surface area contributed by atoms with Gasteiger partial charge in [-0.3, -0.25) is 29.3 Å². The van der Waals surface area contributed by atoms with Crippen molar-refractivity contribution in [3.63, 3.8) is 0 Å². The fourth-order valence-corrected chi connectivity index (χ4v) is 9.55. The number of anilines is 3. The van der Waals surface area contributed by atoms with Gasteiger partial charge in [-0.1, -0.05) is 18.9 Å². The molecule has 2 N–H and O–H groups in total. The lowest BCUT2D eigenvalue weighted by molar-refractivity contribution is -0.136. The maximum absolute atomic E-state index is 13.6. The Morgan fingerprint density at radius 1 is 0.895 bits per heavy atom. The van der Waals surface area contributed by atoms with E-state index in [1.54, 1.807) is 48.4 Å². The molecule has 1 atom stereocenters. The summed E-state index contributed by atoms with van der Waals surface area (Å²) in [5, 5.41) is 6.38. The van der Waals surface area contributed by atoms with Crippen LogP contribution in [0.4, 0.5) is 17.5 Å². The van der Waals surface area contributed by atoms with Crippen LogP contribution in [0.3, 0.4) is 0 Å². The molecule has 9 rings (SSSR count). The van der Waals surface area contributed by atoms with Crippen LogP contribution in [-0.2, 0) is 16.1 Å². The van der Waals surface area contributed by atoms with Crippen LogP contribution in [0.2, 0.25) is 0 Å². The minimum atomic E-state index is -0.620. The average Bonchev–Trinajstić information content (AvgIpc) is 3.96. The van der Waals surface area contributed by atoms with Crippen molar-refractivity contribution >= 4 is 58.0 Å². The quantitative estimate of drug-likeness (QED) is 0.252. The number of benzene rings is 1. The van der Waals surface area contributed by atoms with Gasteiger partial charge in [-0.05, 0) is 86.3 Å². The number of nitrogens with one attached hydrogen (secondary N) is 2. The standard InChI is InChI=1S/C42H48N10O5/c1-48(2)40(57)33-21-28-24-44-41(47-36(28)52(33)29-5-3-4-6-29)45-34-11-8-26(23-43-34)38(55)50-19-15-42(16-20-50)13-17-49(18-14-42)30-9-7-27-25-51(39(56)31(27)22-30)32-10-12-35(53)46-37(32)54/h7-9,11,21-24,29,32H,3-6,10,12-20,25H2,1-2H3,(H,46,53,54)(H,43,44,45,47). The van der Waals surface area contributed by atoms with Crippen LogP contribution in [0, 0.1) is 5.41 Å². The molecular weight excluding hydrogens is 725 g/mol. The summed E-state index contributed by atoms with van der Waals surface area (Å²) in [7, 11) is 3.52. The maximum atomic E-state index is 13.6. The number of rotatable bonds is 7. The Balaban J connectivity index is 0.795. The lowest BCUT2D eigenvalue weighted by Crippen LogP contribution is -2.52. The highest BCUT2D eigenvalue weighted by Crippen LogP contribution is 2.43. The van der Waals surface area contributed by atoms with Gasteiger partial charge in [0.05, 0.1) is 5.56 Å². The number of piperidine rings is 3. The van der Waals surface area contributed by atoms with Gasteiger partial charge in [-0.2, -0.15) is 4.98 Å². The Labute approximate surface area is 330 Å². The van der Waals surface area contributed by atoms with E-state index >= 15 is 0 Å². The summed E-state index contributed by atoms with van der Waals surface area (Å²) in [4.78, 5) is 85.5. The molecule has 1 spiro atoms. The first kappa shape index (κ1) is 36.8. The number of imide groups is 1. The third kappa shape index (κ3) is 6.86. The van der Waals surface area contributed by atoms with Gasteiger partial charge in [0, 0.05) is 88.3 Å². The summed E-state index contributed by atoms with van der Waals surface area (Å²) >= 11 is 0. The molecule has 1 saturated carbocycles. The third-order valence-electron chi connectivity index (χ3n) is 13.0. The Hall–Kier alpha value is -5.86. The molecule has 4 fully saturated rings. The van der Waals surface area contributed by atoms with Crippen molar-refractivity contribution in [2.75, 3.05) is 50.5 Å². The summed E-state index contributed by atoms with van der Waals surface area (Å²) < 4.78 is 2.08. The molecule has 5 amide bonds. The van der Waals surface area contributed by atoms with E-state index in [2.05, 4.69) is 36.1 Å². The fourth-order valence-electron chi connectivity index (χ4n) is 9.55. The normalized spacial score (nSPS) is 21.0. The van der Waals surface area contributed by atoms with Crippen LogP contribution >= 0.6 is 0 Å². The van der Waals surface area contributed by atoms with Gasteiger partial charge in [-0.15, -0.1) is 0 Å². The highest BCUT2D eigenvalue weighted by molar-refractivity contribution is 6.06. The number of nitrogens with zero attached hydrogens (tertiary/aromatic N) is 8. The van der Waals surface area contributed by atoms with Gasteiger partial charge >= 0.3 is 0 Å². The minimum Gasteiger partial charge on any atom is -0.371 e. The first-order chi connectivity index (χ1) is 27.6.